The van der Waals surface area contributed by atoms with E-state index < -0.39 is 0 Å². The van der Waals surface area contributed by atoms with Crippen LogP contribution in [0.2, 0.25) is 0 Å². The van der Waals surface area contributed by atoms with Gasteiger partial charge in [0.2, 0.25) is 5.91 Å². The minimum atomic E-state index is -0.0582. The number of methoxy groups -OCH3 is 1. The fraction of sp³-hybridized carbons (Fsp3) is 0.409. The van der Waals surface area contributed by atoms with Crippen LogP contribution in [0.25, 0.3) is 10.2 Å². The Bertz CT molecular complexity index is 1150. The Kier molecular flexibility index (Phi) is 6.26. The standard InChI is InChI=1S/C22H25N3O3S2/c1-14-15(2)30-20-19(14)21(27)25(11-12-28-3)22(23-20)29-13-18(26)24-10-6-8-16-7-4-5-9-17(16)24/h4-5,7,9H,6,8,10-13H2,1-3H3. The summed E-state index contributed by atoms with van der Waals surface area (Å²) in [6, 6.07) is 8.07. The number of para-hydroxylation sites is 1. The molecule has 1 amide bonds. The Morgan fingerprint density at radius 1 is 1.30 bits per heavy atom. The van der Waals surface area contributed by atoms with Gasteiger partial charge in [0.25, 0.3) is 5.56 Å². The van der Waals surface area contributed by atoms with Gasteiger partial charge in [-0.25, -0.2) is 4.98 Å². The number of amides is 1. The molecule has 30 heavy (non-hydrogen) atoms. The van der Waals surface area contributed by atoms with E-state index in [2.05, 4.69) is 6.07 Å². The third kappa shape index (κ3) is 3.91. The van der Waals surface area contributed by atoms with Crippen molar-refractivity contribution in [1.29, 1.82) is 0 Å². The van der Waals surface area contributed by atoms with Crippen molar-refractivity contribution in [3.8, 4) is 0 Å². The molecule has 3 aromatic rings. The fourth-order valence-corrected chi connectivity index (χ4v) is 5.77. The molecule has 0 N–H and O–H groups in total. The van der Waals surface area contributed by atoms with Crippen LogP contribution < -0.4 is 10.5 Å². The highest BCUT2D eigenvalue weighted by Crippen LogP contribution is 2.30. The second-order valence-corrected chi connectivity index (χ2v) is 9.52. The molecule has 1 aromatic carbocycles. The third-order valence-electron chi connectivity index (χ3n) is 5.51. The zero-order valence-corrected chi connectivity index (χ0v) is 19.1. The number of aromatic nitrogens is 2. The molecule has 1 aliphatic heterocycles. The number of nitrogens with zero attached hydrogens (tertiary/aromatic N) is 3. The first-order valence-electron chi connectivity index (χ1n) is 10.0. The second kappa shape index (κ2) is 8.91. The maximum Gasteiger partial charge on any atom is 0.263 e. The lowest BCUT2D eigenvalue weighted by Gasteiger charge is -2.29. The van der Waals surface area contributed by atoms with Crippen LogP contribution in [0.4, 0.5) is 5.69 Å². The molecular weight excluding hydrogens is 418 g/mol. The first-order valence-corrected chi connectivity index (χ1v) is 11.8. The van der Waals surface area contributed by atoms with Gasteiger partial charge in [0.1, 0.15) is 4.83 Å². The zero-order valence-electron chi connectivity index (χ0n) is 17.4. The molecule has 0 saturated carbocycles. The molecule has 0 bridgehead atoms. The molecule has 0 saturated heterocycles. The van der Waals surface area contributed by atoms with E-state index >= 15 is 0 Å². The Labute approximate surface area is 183 Å². The van der Waals surface area contributed by atoms with E-state index in [-0.39, 0.29) is 17.2 Å². The van der Waals surface area contributed by atoms with Gasteiger partial charge in [0.15, 0.2) is 5.16 Å². The lowest BCUT2D eigenvalue weighted by atomic mass is 10.0. The lowest BCUT2D eigenvalue weighted by Crippen LogP contribution is -2.36. The van der Waals surface area contributed by atoms with E-state index in [9.17, 15) is 9.59 Å². The van der Waals surface area contributed by atoms with Gasteiger partial charge in [0, 0.05) is 24.2 Å². The summed E-state index contributed by atoms with van der Waals surface area (Å²) in [4.78, 5) is 34.6. The molecule has 0 fully saturated rings. The Balaban J connectivity index is 1.62. The van der Waals surface area contributed by atoms with Gasteiger partial charge in [-0.05, 0) is 43.9 Å². The average molecular weight is 444 g/mol. The molecular formula is C22H25N3O3S2. The van der Waals surface area contributed by atoms with Crippen molar-refractivity contribution in [3.05, 3.63) is 50.6 Å². The van der Waals surface area contributed by atoms with Gasteiger partial charge >= 0.3 is 0 Å². The predicted molar refractivity (Wildman–Crippen MR) is 123 cm³/mol. The quantitative estimate of drug-likeness (QED) is 0.428. The molecule has 2 aromatic heterocycles. The Morgan fingerprint density at radius 3 is 2.90 bits per heavy atom. The summed E-state index contributed by atoms with van der Waals surface area (Å²) in [6.45, 7) is 5.52. The summed E-state index contributed by atoms with van der Waals surface area (Å²) < 4.78 is 6.84. The van der Waals surface area contributed by atoms with Gasteiger partial charge in [-0.3, -0.25) is 14.2 Å². The van der Waals surface area contributed by atoms with E-state index in [0.717, 1.165) is 40.3 Å². The van der Waals surface area contributed by atoms with Gasteiger partial charge in [-0.2, -0.15) is 0 Å². The van der Waals surface area contributed by atoms with E-state index in [1.54, 1.807) is 11.7 Å². The molecule has 158 valence electrons. The van der Waals surface area contributed by atoms with Crippen molar-refractivity contribution in [2.24, 2.45) is 0 Å². The molecule has 8 heteroatoms. The largest absolute Gasteiger partial charge is 0.383 e. The molecule has 0 radical (unpaired) electrons. The summed E-state index contributed by atoms with van der Waals surface area (Å²) in [6.07, 6.45) is 1.96. The van der Waals surface area contributed by atoms with Crippen LogP contribution in [-0.4, -0.2) is 41.5 Å². The number of benzene rings is 1. The summed E-state index contributed by atoms with van der Waals surface area (Å²) >= 11 is 2.86. The van der Waals surface area contributed by atoms with Crippen LogP contribution in [0.1, 0.15) is 22.4 Å². The van der Waals surface area contributed by atoms with Crippen LogP contribution in [0.3, 0.4) is 0 Å². The van der Waals surface area contributed by atoms with Gasteiger partial charge in [-0.1, -0.05) is 30.0 Å². The molecule has 0 spiro atoms. The molecule has 0 atom stereocenters. The molecule has 0 unspecified atom stereocenters. The first kappa shape index (κ1) is 21.1. The maximum atomic E-state index is 13.2. The number of hydrogen-bond acceptors (Lipinski definition) is 6. The first-order chi connectivity index (χ1) is 14.5. The number of ether oxygens (including phenoxy) is 1. The van der Waals surface area contributed by atoms with Crippen LogP contribution in [0.15, 0.2) is 34.2 Å². The SMILES string of the molecule is COCCn1c(SCC(=O)N2CCCc3ccccc32)nc2sc(C)c(C)c2c1=O. The number of thioether (sulfide) groups is 1. The molecule has 1 aliphatic rings. The van der Waals surface area contributed by atoms with Crippen LogP contribution in [0.5, 0.6) is 0 Å². The third-order valence-corrected chi connectivity index (χ3v) is 7.57. The van der Waals surface area contributed by atoms with Crippen LogP contribution in [-0.2, 0) is 22.5 Å². The van der Waals surface area contributed by atoms with Crippen molar-refractivity contribution >= 4 is 44.9 Å². The summed E-state index contributed by atoms with van der Waals surface area (Å²) in [5, 5.41) is 1.25. The van der Waals surface area contributed by atoms with E-state index in [4.69, 9.17) is 9.72 Å². The van der Waals surface area contributed by atoms with Gasteiger partial charge < -0.3 is 9.64 Å². The summed E-state index contributed by atoms with van der Waals surface area (Å²) in [5.41, 5.74) is 3.13. The van der Waals surface area contributed by atoms with Gasteiger partial charge in [0.05, 0.1) is 24.3 Å². The number of thiophene rings is 1. The molecule has 0 aliphatic carbocycles. The van der Waals surface area contributed by atoms with E-state index in [1.165, 1.54) is 28.7 Å². The summed E-state index contributed by atoms with van der Waals surface area (Å²) in [5.74, 6) is 0.279. The number of carbonyl (C=O) groups excluding carboxylic acids is 1. The Morgan fingerprint density at radius 2 is 2.10 bits per heavy atom. The predicted octanol–water partition coefficient (Wildman–Crippen LogP) is 3.79. The Hall–Kier alpha value is -2.16. The van der Waals surface area contributed by atoms with E-state index in [1.807, 2.05) is 36.9 Å². The smallest absolute Gasteiger partial charge is 0.263 e. The minimum Gasteiger partial charge on any atom is -0.383 e. The second-order valence-electron chi connectivity index (χ2n) is 7.37. The van der Waals surface area contributed by atoms with Gasteiger partial charge in [-0.15, -0.1) is 11.3 Å². The van der Waals surface area contributed by atoms with Crippen LogP contribution >= 0.6 is 23.1 Å². The number of aryl methyl sites for hydroxylation is 3. The lowest BCUT2D eigenvalue weighted by molar-refractivity contribution is -0.116. The molecule has 3 heterocycles. The monoisotopic (exact) mass is 443 g/mol. The summed E-state index contributed by atoms with van der Waals surface area (Å²) in [7, 11) is 1.61. The van der Waals surface area contributed by atoms with Crippen molar-refractivity contribution < 1.29 is 9.53 Å². The van der Waals surface area contributed by atoms with Crippen molar-refractivity contribution in [3.63, 3.8) is 0 Å². The molecule has 6 nitrogen and oxygen atoms in total. The maximum absolute atomic E-state index is 13.2. The average Bonchev–Trinajstić information content (AvgIpc) is 3.04. The van der Waals surface area contributed by atoms with Crippen molar-refractivity contribution in [2.75, 3.05) is 30.9 Å². The number of anilines is 1. The van der Waals surface area contributed by atoms with Crippen molar-refractivity contribution in [1.82, 2.24) is 9.55 Å². The number of carbonyl (C=O) groups is 1. The van der Waals surface area contributed by atoms with Crippen molar-refractivity contribution in [2.45, 2.75) is 38.4 Å². The fourth-order valence-electron chi connectivity index (χ4n) is 3.80. The number of hydrogen-bond donors (Lipinski definition) is 0. The highest BCUT2D eigenvalue weighted by atomic mass is 32.2. The molecule has 4 rings (SSSR count). The number of rotatable bonds is 6. The van der Waals surface area contributed by atoms with Crippen LogP contribution in [0, 0.1) is 13.8 Å². The highest BCUT2D eigenvalue weighted by molar-refractivity contribution is 7.99. The minimum absolute atomic E-state index is 0.0401. The van der Waals surface area contributed by atoms with E-state index in [0.29, 0.717) is 23.7 Å². The normalized spacial score (nSPS) is 13.6. The number of fused-ring (bicyclic) bond motifs is 2. The zero-order chi connectivity index (χ0) is 21.3. The highest BCUT2D eigenvalue weighted by Gasteiger charge is 2.23. The topological polar surface area (TPSA) is 64.4 Å².